The molecule has 0 bridgehead atoms. The normalized spacial score (nSPS) is 48.8. The quantitative estimate of drug-likeness (QED) is 0.766. The lowest BCUT2D eigenvalue weighted by Gasteiger charge is -2.40. The van der Waals surface area contributed by atoms with Gasteiger partial charge in [-0.1, -0.05) is 6.42 Å². The fourth-order valence-corrected chi connectivity index (χ4v) is 4.18. The summed E-state index contributed by atoms with van der Waals surface area (Å²) in [6.07, 6.45) is 5.78. The molecule has 0 aromatic rings. The average Bonchev–Trinajstić information content (AvgIpc) is 2.90. The van der Waals surface area contributed by atoms with Crippen molar-refractivity contribution in [2.45, 2.75) is 44.2 Å². The van der Waals surface area contributed by atoms with Crippen LogP contribution in [0.2, 0.25) is 0 Å². The average molecular weight is 224 g/mol. The predicted molar refractivity (Wildman–Crippen MR) is 64.2 cm³/mol. The van der Waals surface area contributed by atoms with Gasteiger partial charge in [-0.25, -0.2) is 0 Å². The summed E-state index contributed by atoms with van der Waals surface area (Å²) in [5.41, 5.74) is 6.22. The minimum Gasteiger partial charge on any atom is -0.376 e. The number of nitrogens with zero attached hydrogens (tertiary/aromatic N) is 1. The van der Waals surface area contributed by atoms with Crippen LogP contribution in [0.4, 0.5) is 0 Å². The van der Waals surface area contributed by atoms with Gasteiger partial charge < -0.3 is 10.5 Å². The lowest BCUT2D eigenvalue weighted by Crippen LogP contribution is -2.57. The second-order valence-electron chi connectivity index (χ2n) is 5.93. The van der Waals surface area contributed by atoms with Crippen LogP contribution in [0, 0.1) is 11.8 Å². The maximum Gasteiger partial charge on any atom is 0.0743 e. The molecule has 2 saturated heterocycles. The predicted octanol–water partition coefficient (Wildman–Crippen LogP) is 1.22. The van der Waals surface area contributed by atoms with Crippen molar-refractivity contribution >= 4 is 0 Å². The Morgan fingerprint density at radius 1 is 1.31 bits per heavy atom. The van der Waals surface area contributed by atoms with Crippen molar-refractivity contribution in [3.8, 4) is 0 Å². The van der Waals surface area contributed by atoms with Gasteiger partial charge in [-0.15, -0.1) is 0 Å². The zero-order valence-corrected chi connectivity index (χ0v) is 10.3. The Kier molecular flexibility index (Phi) is 2.73. The van der Waals surface area contributed by atoms with Crippen LogP contribution in [0.3, 0.4) is 0 Å². The van der Waals surface area contributed by atoms with Crippen LogP contribution in [0.1, 0.15) is 32.6 Å². The molecule has 2 aliphatic heterocycles. The van der Waals surface area contributed by atoms with E-state index in [9.17, 15) is 0 Å². The second-order valence-corrected chi connectivity index (χ2v) is 5.93. The zero-order valence-electron chi connectivity index (χ0n) is 10.3. The van der Waals surface area contributed by atoms with Crippen molar-refractivity contribution in [3.63, 3.8) is 0 Å². The van der Waals surface area contributed by atoms with Crippen LogP contribution in [-0.2, 0) is 4.74 Å². The molecule has 3 rings (SSSR count). The molecule has 2 N–H and O–H groups in total. The molecule has 0 spiro atoms. The van der Waals surface area contributed by atoms with Crippen molar-refractivity contribution in [2.75, 3.05) is 26.2 Å². The smallest absolute Gasteiger partial charge is 0.0743 e. The first kappa shape index (κ1) is 11.0. The highest BCUT2D eigenvalue weighted by Gasteiger charge is 2.50. The second kappa shape index (κ2) is 3.97. The van der Waals surface area contributed by atoms with Gasteiger partial charge in [0, 0.05) is 26.2 Å². The first-order valence-electron chi connectivity index (χ1n) is 6.83. The molecule has 4 atom stereocenters. The van der Waals surface area contributed by atoms with Gasteiger partial charge in [0.05, 0.1) is 11.6 Å². The van der Waals surface area contributed by atoms with Crippen molar-refractivity contribution in [3.05, 3.63) is 0 Å². The van der Waals surface area contributed by atoms with Crippen LogP contribution in [-0.4, -0.2) is 42.8 Å². The first-order valence-corrected chi connectivity index (χ1v) is 6.83. The lowest BCUT2D eigenvalue weighted by molar-refractivity contribution is 0.0230. The number of fused-ring (bicyclic) bond motifs is 1. The lowest BCUT2D eigenvalue weighted by atomic mass is 9.90. The van der Waals surface area contributed by atoms with Gasteiger partial charge in [0.15, 0.2) is 0 Å². The zero-order chi connectivity index (χ0) is 11.2. The third-order valence-corrected chi connectivity index (χ3v) is 5.37. The monoisotopic (exact) mass is 224 g/mol. The van der Waals surface area contributed by atoms with E-state index >= 15 is 0 Å². The summed E-state index contributed by atoms with van der Waals surface area (Å²) in [7, 11) is 0. The fraction of sp³-hybridized carbons (Fsp3) is 1.00. The Labute approximate surface area is 98.3 Å². The van der Waals surface area contributed by atoms with Gasteiger partial charge >= 0.3 is 0 Å². The van der Waals surface area contributed by atoms with Crippen LogP contribution in [0.25, 0.3) is 0 Å². The molecule has 3 fully saturated rings. The van der Waals surface area contributed by atoms with Crippen LogP contribution < -0.4 is 5.73 Å². The molecule has 16 heavy (non-hydrogen) atoms. The van der Waals surface area contributed by atoms with E-state index in [1.165, 1.54) is 32.4 Å². The van der Waals surface area contributed by atoms with Gasteiger partial charge in [-0.2, -0.15) is 0 Å². The first-order chi connectivity index (χ1) is 7.76. The van der Waals surface area contributed by atoms with Crippen LogP contribution in [0.15, 0.2) is 0 Å². The highest BCUT2D eigenvalue weighted by Crippen LogP contribution is 2.43. The summed E-state index contributed by atoms with van der Waals surface area (Å²) < 4.78 is 5.77. The third kappa shape index (κ3) is 1.45. The number of likely N-dealkylation sites (tertiary alicyclic amines) is 1. The molecule has 1 aliphatic carbocycles. The van der Waals surface area contributed by atoms with E-state index in [-0.39, 0.29) is 5.54 Å². The SMILES string of the molecule is CC1OCCC1(CN)N1CC2CCCC2C1. The molecule has 0 radical (unpaired) electrons. The Hall–Kier alpha value is -0.120. The Morgan fingerprint density at radius 2 is 2.00 bits per heavy atom. The van der Waals surface area contributed by atoms with E-state index in [1.54, 1.807) is 0 Å². The molecule has 92 valence electrons. The number of hydrogen-bond donors (Lipinski definition) is 1. The van der Waals surface area contributed by atoms with E-state index in [0.29, 0.717) is 6.10 Å². The highest BCUT2D eigenvalue weighted by atomic mass is 16.5. The summed E-state index contributed by atoms with van der Waals surface area (Å²) in [4.78, 5) is 2.67. The standard InChI is InChI=1S/C13H24N2O/c1-10-13(9-14,5-6-16-10)15-7-11-3-2-4-12(11)8-15/h10-12H,2-9,14H2,1H3. The molecular formula is C13H24N2O. The number of hydrogen-bond acceptors (Lipinski definition) is 3. The van der Waals surface area contributed by atoms with E-state index in [1.807, 2.05) is 0 Å². The van der Waals surface area contributed by atoms with Gasteiger partial charge in [0.2, 0.25) is 0 Å². The fourth-order valence-electron chi connectivity index (χ4n) is 4.18. The summed E-state index contributed by atoms with van der Waals surface area (Å²) in [5, 5.41) is 0. The van der Waals surface area contributed by atoms with Gasteiger partial charge in [-0.05, 0) is 38.0 Å². The van der Waals surface area contributed by atoms with Gasteiger partial charge in [0.25, 0.3) is 0 Å². The van der Waals surface area contributed by atoms with E-state index < -0.39 is 0 Å². The van der Waals surface area contributed by atoms with Crippen molar-refractivity contribution in [2.24, 2.45) is 17.6 Å². The molecule has 1 saturated carbocycles. The summed E-state index contributed by atoms with van der Waals surface area (Å²) >= 11 is 0. The van der Waals surface area contributed by atoms with Gasteiger partial charge in [0.1, 0.15) is 0 Å². The molecule has 0 aromatic heterocycles. The van der Waals surface area contributed by atoms with Crippen molar-refractivity contribution in [1.82, 2.24) is 4.90 Å². The molecular weight excluding hydrogens is 200 g/mol. The Balaban J connectivity index is 1.76. The largest absolute Gasteiger partial charge is 0.376 e. The molecule has 3 aliphatic rings. The molecule has 0 amide bonds. The van der Waals surface area contributed by atoms with Gasteiger partial charge in [-0.3, -0.25) is 4.90 Å². The van der Waals surface area contributed by atoms with E-state index in [0.717, 1.165) is 31.4 Å². The molecule has 0 aromatic carbocycles. The van der Waals surface area contributed by atoms with E-state index in [4.69, 9.17) is 10.5 Å². The molecule has 3 nitrogen and oxygen atoms in total. The summed E-state index contributed by atoms with van der Waals surface area (Å²) in [5.74, 6) is 1.91. The van der Waals surface area contributed by atoms with Crippen molar-refractivity contribution < 1.29 is 4.74 Å². The number of rotatable bonds is 2. The van der Waals surface area contributed by atoms with Crippen LogP contribution in [0.5, 0.6) is 0 Å². The molecule has 3 heteroatoms. The summed E-state index contributed by atoms with van der Waals surface area (Å²) in [6, 6.07) is 0. The molecule has 2 heterocycles. The minimum absolute atomic E-state index is 0.157. The third-order valence-electron chi connectivity index (χ3n) is 5.37. The highest BCUT2D eigenvalue weighted by molar-refractivity contribution is 5.05. The number of nitrogens with two attached hydrogens (primary N) is 1. The Bertz CT molecular complexity index is 259. The van der Waals surface area contributed by atoms with E-state index in [2.05, 4.69) is 11.8 Å². The van der Waals surface area contributed by atoms with Crippen LogP contribution >= 0.6 is 0 Å². The maximum absolute atomic E-state index is 6.07. The molecule has 4 unspecified atom stereocenters. The number of ether oxygens (including phenoxy) is 1. The Morgan fingerprint density at radius 3 is 2.50 bits per heavy atom. The maximum atomic E-state index is 6.07. The minimum atomic E-state index is 0.157. The summed E-state index contributed by atoms with van der Waals surface area (Å²) in [6.45, 7) is 6.40. The van der Waals surface area contributed by atoms with Crippen molar-refractivity contribution in [1.29, 1.82) is 0 Å². The topological polar surface area (TPSA) is 38.5 Å².